The summed E-state index contributed by atoms with van der Waals surface area (Å²) in [6.07, 6.45) is 5.17. The summed E-state index contributed by atoms with van der Waals surface area (Å²) in [4.78, 5) is 0.324. The second kappa shape index (κ2) is 8.18. The van der Waals surface area contributed by atoms with Gasteiger partial charge in [-0.1, -0.05) is 57.9 Å². The van der Waals surface area contributed by atoms with Crippen molar-refractivity contribution in [2.45, 2.75) is 83.0 Å². The van der Waals surface area contributed by atoms with Crippen LogP contribution in [0.5, 0.6) is 5.75 Å². The summed E-state index contributed by atoms with van der Waals surface area (Å²) >= 11 is 0. The van der Waals surface area contributed by atoms with Crippen LogP contribution in [0.25, 0.3) is 0 Å². The number of hydrogen-bond acceptors (Lipinski definition) is 3. The van der Waals surface area contributed by atoms with Crippen LogP contribution in [0.1, 0.15) is 81.5 Å². The smallest absolute Gasteiger partial charge is 0.240 e. The van der Waals surface area contributed by atoms with Gasteiger partial charge < -0.3 is 5.11 Å². The van der Waals surface area contributed by atoms with Gasteiger partial charge in [-0.15, -0.1) is 0 Å². The third kappa shape index (κ3) is 3.99. The summed E-state index contributed by atoms with van der Waals surface area (Å²) in [5.74, 6) is 1.05. The largest absolute Gasteiger partial charge is 0.508 e. The Bertz CT molecular complexity index is 1110. The highest BCUT2D eigenvalue weighted by atomic mass is 32.2. The molecule has 0 saturated heterocycles. The zero-order valence-corrected chi connectivity index (χ0v) is 20.8. The summed E-state index contributed by atoms with van der Waals surface area (Å²) in [6, 6.07) is 11.3. The first-order valence-electron chi connectivity index (χ1n) is 11.9. The third-order valence-corrected chi connectivity index (χ3v) is 9.66. The Balaban J connectivity index is 1.62. The fraction of sp³-hybridized carbons (Fsp3) is 0.556. The van der Waals surface area contributed by atoms with Gasteiger partial charge in [-0.25, -0.2) is 13.1 Å². The van der Waals surface area contributed by atoms with Crippen LogP contribution in [0, 0.1) is 18.3 Å². The standard InChI is InChI=1S/C27H37NO3S/c1-18(2)22-15-20-9-12-25-26(4,13-6-14-27(25,5)23(20)16-24(22)29)17-28-32(30,31)21-10-7-19(3)8-11-21/h7-8,10-11,15-16,18,25,28-29H,6,9,12-14,17H2,1-5H3/t25-,26-,27+/m0/s1. The summed E-state index contributed by atoms with van der Waals surface area (Å²) < 4.78 is 28.9. The molecule has 3 atom stereocenters. The molecule has 0 amide bonds. The highest BCUT2D eigenvalue weighted by Gasteiger charge is 2.52. The van der Waals surface area contributed by atoms with E-state index in [1.165, 1.54) is 11.1 Å². The van der Waals surface area contributed by atoms with Crippen LogP contribution >= 0.6 is 0 Å². The summed E-state index contributed by atoms with van der Waals surface area (Å²) in [5, 5.41) is 10.7. The van der Waals surface area contributed by atoms with E-state index in [1.54, 1.807) is 12.1 Å². The number of phenols is 1. The topological polar surface area (TPSA) is 66.4 Å². The number of benzene rings is 2. The lowest BCUT2D eigenvalue weighted by atomic mass is 9.50. The van der Waals surface area contributed by atoms with Crippen molar-refractivity contribution in [1.82, 2.24) is 4.72 Å². The SMILES string of the molecule is Cc1ccc(S(=O)(=O)NC[C@]2(C)CCC[C@]3(C)c4cc(O)c(C(C)C)cc4CC[C@@H]23)cc1. The van der Waals surface area contributed by atoms with Crippen LogP contribution < -0.4 is 4.72 Å². The molecule has 4 rings (SSSR count). The van der Waals surface area contributed by atoms with Crippen LogP contribution in [-0.2, 0) is 21.9 Å². The lowest BCUT2D eigenvalue weighted by Crippen LogP contribution is -2.53. The average molecular weight is 456 g/mol. The fourth-order valence-electron chi connectivity index (χ4n) is 6.39. The van der Waals surface area contributed by atoms with E-state index in [4.69, 9.17) is 0 Å². The number of rotatable bonds is 5. The number of aryl methyl sites for hydroxylation is 2. The van der Waals surface area contributed by atoms with Crippen molar-refractivity contribution in [3.63, 3.8) is 0 Å². The van der Waals surface area contributed by atoms with Crippen LogP contribution in [0.2, 0.25) is 0 Å². The Hall–Kier alpha value is -1.85. The fourth-order valence-corrected chi connectivity index (χ4v) is 7.57. The Kier molecular flexibility index (Phi) is 5.96. The minimum atomic E-state index is -3.54. The molecule has 2 N–H and O–H groups in total. The third-order valence-electron chi connectivity index (χ3n) is 8.24. The molecule has 0 unspecified atom stereocenters. The van der Waals surface area contributed by atoms with Crippen molar-refractivity contribution in [1.29, 1.82) is 0 Å². The molecule has 1 saturated carbocycles. The van der Waals surface area contributed by atoms with Gasteiger partial charge >= 0.3 is 0 Å². The molecule has 0 bridgehead atoms. The van der Waals surface area contributed by atoms with E-state index in [9.17, 15) is 13.5 Å². The number of fused-ring (bicyclic) bond motifs is 3. The van der Waals surface area contributed by atoms with Crippen molar-refractivity contribution >= 4 is 10.0 Å². The van der Waals surface area contributed by atoms with Gasteiger partial charge in [0.2, 0.25) is 10.0 Å². The first kappa shape index (κ1) is 23.3. The quantitative estimate of drug-likeness (QED) is 0.598. The molecule has 0 radical (unpaired) electrons. The first-order valence-corrected chi connectivity index (χ1v) is 13.4. The molecular weight excluding hydrogens is 418 g/mol. The van der Waals surface area contributed by atoms with Gasteiger partial charge in [-0.05, 0) is 90.2 Å². The highest BCUT2D eigenvalue weighted by Crippen LogP contribution is 2.57. The second-order valence-electron chi connectivity index (χ2n) is 10.9. The zero-order chi connectivity index (χ0) is 23.3. The summed E-state index contributed by atoms with van der Waals surface area (Å²) in [5.41, 5.74) is 4.51. The van der Waals surface area contributed by atoms with Crippen molar-refractivity contribution in [3.8, 4) is 5.75 Å². The molecule has 2 aromatic carbocycles. The molecule has 174 valence electrons. The molecule has 0 aromatic heterocycles. The Morgan fingerprint density at radius 1 is 1.12 bits per heavy atom. The molecule has 2 aromatic rings. The lowest BCUT2D eigenvalue weighted by Gasteiger charge is -2.55. The van der Waals surface area contributed by atoms with Crippen LogP contribution in [0.15, 0.2) is 41.3 Å². The van der Waals surface area contributed by atoms with Crippen molar-refractivity contribution in [3.05, 3.63) is 58.7 Å². The van der Waals surface area contributed by atoms with Gasteiger partial charge in [0.25, 0.3) is 0 Å². The Labute approximate surface area is 193 Å². The molecule has 32 heavy (non-hydrogen) atoms. The van der Waals surface area contributed by atoms with Gasteiger partial charge in [-0.2, -0.15) is 0 Å². The number of nitrogens with one attached hydrogen (secondary N) is 1. The van der Waals surface area contributed by atoms with Gasteiger partial charge in [0, 0.05) is 6.54 Å². The van der Waals surface area contributed by atoms with Crippen LogP contribution in [0.3, 0.4) is 0 Å². The molecule has 4 nitrogen and oxygen atoms in total. The first-order chi connectivity index (χ1) is 15.0. The average Bonchev–Trinajstić information content (AvgIpc) is 2.72. The molecule has 0 heterocycles. The molecule has 5 heteroatoms. The van der Waals surface area contributed by atoms with Crippen molar-refractivity contribution in [2.24, 2.45) is 11.3 Å². The van der Waals surface area contributed by atoms with Crippen molar-refractivity contribution < 1.29 is 13.5 Å². The Morgan fingerprint density at radius 2 is 1.81 bits per heavy atom. The van der Waals surface area contributed by atoms with Crippen LogP contribution in [0.4, 0.5) is 0 Å². The van der Waals surface area contributed by atoms with E-state index in [1.807, 2.05) is 25.1 Å². The van der Waals surface area contributed by atoms with E-state index < -0.39 is 10.0 Å². The van der Waals surface area contributed by atoms with E-state index >= 15 is 0 Å². The van der Waals surface area contributed by atoms with E-state index in [2.05, 4.69) is 38.5 Å². The highest BCUT2D eigenvalue weighted by molar-refractivity contribution is 7.89. The van der Waals surface area contributed by atoms with Gasteiger partial charge in [-0.3, -0.25) is 0 Å². The molecular formula is C27H37NO3S. The molecule has 0 spiro atoms. The molecule has 2 aliphatic rings. The van der Waals surface area contributed by atoms with Gasteiger partial charge in [0.05, 0.1) is 4.90 Å². The number of phenolic OH excluding ortho intramolecular Hbond substituents is 1. The number of aromatic hydroxyl groups is 1. The minimum absolute atomic E-state index is 0.0527. The van der Waals surface area contributed by atoms with E-state index in [-0.39, 0.29) is 10.8 Å². The van der Waals surface area contributed by atoms with Gasteiger partial charge in [0.15, 0.2) is 0 Å². The molecule has 1 fully saturated rings. The summed E-state index contributed by atoms with van der Waals surface area (Å²) in [7, 11) is -3.54. The Morgan fingerprint density at radius 3 is 2.47 bits per heavy atom. The molecule has 0 aliphatic heterocycles. The number of hydrogen-bond donors (Lipinski definition) is 2. The van der Waals surface area contributed by atoms with Crippen LogP contribution in [-0.4, -0.2) is 20.1 Å². The molecule has 2 aliphatic carbocycles. The van der Waals surface area contributed by atoms with Gasteiger partial charge in [0.1, 0.15) is 5.75 Å². The predicted molar refractivity (Wildman–Crippen MR) is 130 cm³/mol. The lowest BCUT2D eigenvalue weighted by molar-refractivity contribution is 0.0297. The maximum atomic E-state index is 13.0. The minimum Gasteiger partial charge on any atom is -0.508 e. The normalized spacial score (nSPS) is 27.8. The van der Waals surface area contributed by atoms with Crippen molar-refractivity contribution in [2.75, 3.05) is 6.54 Å². The maximum Gasteiger partial charge on any atom is 0.240 e. The number of sulfonamides is 1. The predicted octanol–water partition coefficient (Wildman–Crippen LogP) is 5.81. The zero-order valence-electron chi connectivity index (χ0n) is 20.0. The summed E-state index contributed by atoms with van der Waals surface area (Å²) in [6.45, 7) is 11.2. The van der Waals surface area contributed by atoms with E-state index in [0.29, 0.717) is 29.0 Å². The second-order valence-corrected chi connectivity index (χ2v) is 12.6. The monoisotopic (exact) mass is 455 g/mol. The van der Waals surface area contributed by atoms with E-state index in [0.717, 1.165) is 43.2 Å². The maximum absolute atomic E-state index is 13.0.